The predicted molar refractivity (Wildman–Crippen MR) is 96.0 cm³/mol. The molecule has 0 spiro atoms. The highest BCUT2D eigenvalue weighted by Gasteiger charge is 2.19. The molecule has 8 nitrogen and oxygen atoms in total. The van der Waals surface area contributed by atoms with Gasteiger partial charge in [-0.1, -0.05) is 11.2 Å². The number of esters is 1. The molecule has 0 N–H and O–H groups in total. The summed E-state index contributed by atoms with van der Waals surface area (Å²) >= 11 is 0. The van der Waals surface area contributed by atoms with Crippen molar-refractivity contribution in [1.29, 1.82) is 0 Å². The molecule has 0 atom stereocenters. The molecule has 0 saturated carbocycles. The zero-order valence-electron chi connectivity index (χ0n) is 15.3. The molecule has 3 heterocycles. The molecule has 3 aromatic heterocycles. The van der Waals surface area contributed by atoms with E-state index in [0.717, 1.165) is 5.69 Å². The SMILES string of the molecule is Cc1cc(-n2c(C)cc(C(=O)COC(=O)Cn3ccccc3=O)c2C)no1. The molecular formula is C19H19N3O5. The van der Waals surface area contributed by atoms with Gasteiger partial charge in [-0.2, -0.15) is 0 Å². The minimum Gasteiger partial charge on any atom is -0.456 e. The van der Waals surface area contributed by atoms with Crippen LogP contribution in [-0.4, -0.2) is 32.7 Å². The summed E-state index contributed by atoms with van der Waals surface area (Å²) in [5.74, 6) is 0.262. The maximum Gasteiger partial charge on any atom is 0.326 e. The van der Waals surface area contributed by atoms with Crippen molar-refractivity contribution in [3.8, 4) is 5.82 Å². The zero-order valence-corrected chi connectivity index (χ0v) is 15.3. The second kappa shape index (κ2) is 7.45. The third-order valence-corrected chi connectivity index (χ3v) is 4.14. The van der Waals surface area contributed by atoms with Gasteiger partial charge in [0, 0.05) is 35.3 Å². The van der Waals surface area contributed by atoms with Gasteiger partial charge in [0.15, 0.2) is 12.4 Å². The van der Waals surface area contributed by atoms with Gasteiger partial charge < -0.3 is 13.8 Å². The Morgan fingerprint density at radius 1 is 1.19 bits per heavy atom. The van der Waals surface area contributed by atoms with Crippen LogP contribution in [0.25, 0.3) is 5.82 Å². The Labute approximate surface area is 155 Å². The molecule has 0 fully saturated rings. The first-order chi connectivity index (χ1) is 12.9. The van der Waals surface area contributed by atoms with Gasteiger partial charge in [0.2, 0.25) is 5.78 Å². The third kappa shape index (κ3) is 3.89. The summed E-state index contributed by atoms with van der Waals surface area (Å²) in [5, 5.41) is 3.97. The molecule has 8 heteroatoms. The minimum absolute atomic E-state index is 0.246. The molecule has 0 aliphatic heterocycles. The Morgan fingerprint density at radius 2 is 1.96 bits per heavy atom. The largest absolute Gasteiger partial charge is 0.456 e. The number of rotatable bonds is 6. The van der Waals surface area contributed by atoms with Crippen LogP contribution in [0.4, 0.5) is 0 Å². The number of Topliss-reactive ketones (excluding diaryl/α,β-unsaturated/α-hetero) is 1. The van der Waals surface area contributed by atoms with Gasteiger partial charge >= 0.3 is 5.97 Å². The van der Waals surface area contributed by atoms with E-state index in [1.807, 2.05) is 6.92 Å². The first-order valence-electron chi connectivity index (χ1n) is 8.33. The van der Waals surface area contributed by atoms with Crippen LogP contribution in [-0.2, 0) is 16.1 Å². The second-order valence-corrected chi connectivity index (χ2v) is 6.17. The fraction of sp³-hybridized carbons (Fsp3) is 0.263. The number of pyridine rings is 1. The van der Waals surface area contributed by atoms with Gasteiger partial charge in [-0.25, -0.2) is 0 Å². The average molecular weight is 369 g/mol. The van der Waals surface area contributed by atoms with Crippen LogP contribution < -0.4 is 5.56 Å². The van der Waals surface area contributed by atoms with Gasteiger partial charge in [-0.05, 0) is 32.9 Å². The van der Waals surface area contributed by atoms with Crippen molar-refractivity contribution in [3.05, 3.63) is 69.6 Å². The third-order valence-electron chi connectivity index (χ3n) is 4.14. The number of ether oxygens (including phenoxy) is 1. The number of carbonyl (C=O) groups is 2. The quantitative estimate of drug-likeness (QED) is 0.487. The van der Waals surface area contributed by atoms with E-state index in [9.17, 15) is 14.4 Å². The van der Waals surface area contributed by atoms with Crippen LogP contribution in [0.1, 0.15) is 27.5 Å². The lowest BCUT2D eigenvalue weighted by Gasteiger charge is -2.07. The molecular weight excluding hydrogens is 350 g/mol. The highest BCUT2D eigenvalue weighted by atomic mass is 16.5. The van der Waals surface area contributed by atoms with Crippen LogP contribution in [0.15, 0.2) is 45.8 Å². The summed E-state index contributed by atoms with van der Waals surface area (Å²) < 4.78 is 13.1. The van der Waals surface area contributed by atoms with Crippen LogP contribution in [0.5, 0.6) is 0 Å². The Morgan fingerprint density at radius 3 is 2.63 bits per heavy atom. The average Bonchev–Trinajstić information content (AvgIpc) is 3.17. The summed E-state index contributed by atoms with van der Waals surface area (Å²) in [6.45, 7) is 4.78. The van der Waals surface area contributed by atoms with E-state index in [2.05, 4.69) is 5.16 Å². The molecule has 0 aliphatic carbocycles. The summed E-state index contributed by atoms with van der Waals surface area (Å²) in [7, 11) is 0. The first kappa shape index (κ1) is 18.4. The lowest BCUT2D eigenvalue weighted by Crippen LogP contribution is -2.25. The predicted octanol–water partition coefficient (Wildman–Crippen LogP) is 1.98. The minimum atomic E-state index is -0.655. The maximum atomic E-state index is 12.5. The molecule has 0 aromatic carbocycles. The molecule has 0 aliphatic rings. The fourth-order valence-electron chi connectivity index (χ4n) is 2.86. The molecule has 0 bridgehead atoms. The highest BCUT2D eigenvalue weighted by molar-refractivity contribution is 5.99. The van der Waals surface area contributed by atoms with Crippen molar-refractivity contribution in [2.24, 2.45) is 0 Å². The lowest BCUT2D eigenvalue weighted by molar-refractivity contribution is -0.143. The number of hydrogen-bond donors (Lipinski definition) is 0. The normalized spacial score (nSPS) is 10.8. The number of carbonyl (C=O) groups excluding carboxylic acids is 2. The summed E-state index contributed by atoms with van der Waals surface area (Å²) in [6.07, 6.45) is 1.49. The smallest absolute Gasteiger partial charge is 0.326 e. The highest BCUT2D eigenvalue weighted by Crippen LogP contribution is 2.21. The van der Waals surface area contributed by atoms with E-state index in [1.165, 1.54) is 16.8 Å². The number of ketones is 1. The first-order valence-corrected chi connectivity index (χ1v) is 8.33. The van der Waals surface area contributed by atoms with Gasteiger partial charge in [0.25, 0.3) is 5.56 Å². The summed E-state index contributed by atoms with van der Waals surface area (Å²) in [4.78, 5) is 36.0. The lowest BCUT2D eigenvalue weighted by atomic mass is 10.1. The fourth-order valence-corrected chi connectivity index (χ4v) is 2.86. The monoisotopic (exact) mass is 369 g/mol. The van der Waals surface area contributed by atoms with Gasteiger partial charge in [0.1, 0.15) is 12.3 Å². The topological polar surface area (TPSA) is 96.3 Å². The number of aromatic nitrogens is 3. The van der Waals surface area contributed by atoms with Crippen LogP contribution >= 0.6 is 0 Å². The van der Waals surface area contributed by atoms with E-state index in [0.29, 0.717) is 22.8 Å². The number of nitrogens with zero attached hydrogens (tertiary/aromatic N) is 3. The molecule has 3 aromatic rings. The Kier molecular flexibility index (Phi) is 5.07. The molecule has 0 unspecified atom stereocenters. The van der Waals surface area contributed by atoms with E-state index < -0.39 is 12.6 Å². The van der Waals surface area contributed by atoms with Crippen LogP contribution in [0.3, 0.4) is 0 Å². The van der Waals surface area contributed by atoms with Crippen molar-refractivity contribution in [3.63, 3.8) is 0 Å². The van der Waals surface area contributed by atoms with Crippen LogP contribution in [0.2, 0.25) is 0 Å². The van der Waals surface area contributed by atoms with E-state index in [1.54, 1.807) is 42.7 Å². The molecule has 0 saturated heterocycles. The maximum absolute atomic E-state index is 12.5. The second-order valence-electron chi connectivity index (χ2n) is 6.17. The van der Waals surface area contributed by atoms with Crippen LogP contribution in [0, 0.1) is 20.8 Å². The van der Waals surface area contributed by atoms with Crippen molar-refractivity contribution in [2.75, 3.05) is 6.61 Å². The summed E-state index contributed by atoms with van der Waals surface area (Å²) in [6, 6.07) is 8.06. The molecule has 3 rings (SSSR count). The standard InChI is InChI=1S/C19H19N3O5/c1-12-8-15(14(3)22(12)17-9-13(2)27-20-17)16(23)11-26-19(25)10-21-7-5-4-6-18(21)24/h4-9H,10-11H2,1-3H3. The van der Waals surface area contributed by atoms with Crippen molar-refractivity contribution < 1.29 is 18.8 Å². The van der Waals surface area contributed by atoms with E-state index in [4.69, 9.17) is 9.26 Å². The summed E-state index contributed by atoms with van der Waals surface area (Å²) in [5.41, 5.74) is 1.62. The molecule has 0 radical (unpaired) electrons. The molecule has 140 valence electrons. The van der Waals surface area contributed by atoms with Crippen molar-refractivity contribution in [2.45, 2.75) is 27.3 Å². The van der Waals surface area contributed by atoms with Crippen molar-refractivity contribution in [1.82, 2.24) is 14.3 Å². The molecule has 27 heavy (non-hydrogen) atoms. The van der Waals surface area contributed by atoms with E-state index in [-0.39, 0.29) is 17.9 Å². The number of hydrogen-bond acceptors (Lipinski definition) is 6. The molecule has 0 amide bonds. The zero-order chi connectivity index (χ0) is 19.6. The van der Waals surface area contributed by atoms with Gasteiger partial charge in [-0.3, -0.25) is 19.0 Å². The number of aryl methyl sites for hydroxylation is 2. The Balaban J connectivity index is 1.69. The van der Waals surface area contributed by atoms with Crippen molar-refractivity contribution >= 4 is 11.8 Å². The van der Waals surface area contributed by atoms with Gasteiger partial charge in [0.05, 0.1) is 0 Å². The van der Waals surface area contributed by atoms with Gasteiger partial charge in [-0.15, -0.1) is 0 Å². The van der Waals surface area contributed by atoms with E-state index >= 15 is 0 Å². The Hall–Kier alpha value is -3.42. The Bertz CT molecular complexity index is 1060.